The number of carbonyl (C=O) groups is 1. The third-order valence-corrected chi connectivity index (χ3v) is 8.26. The molecule has 3 aromatic rings. The second kappa shape index (κ2) is 9.87. The highest BCUT2D eigenvalue weighted by Crippen LogP contribution is 2.47. The number of benzene rings is 2. The van der Waals surface area contributed by atoms with E-state index >= 15 is 0 Å². The molecule has 3 unspecified atom stereocenters. The highest BCUT2D eigenvalue weighted by Gasteiger charge is 2.63. The summed E-state index contributed by atoms with van der Waals surface area (Å²) in [7, 11) is 2.20. The lowest BCUT2D eigenvalue weighted by molar-refractivity contribution is 0.0695. The zero-order valence-electron chi connectivity index (χ0n) is 21.4. The topological polar surface area (TPSA) is 81.0 Å². The van der Waals surface area contributed by atoms with Gasteiger partial charge in [-0.1, -0.05) is 54.2 Å². The van der Waals surface area contributed by atoms with Gasteiger partial charge in [0.2, 0.25) is 0 Å². The van der Waals surface area contributed by atoms with E-state index in [0.29, 0.717) is 24.1 Å². The van der Waals surface area contributed by atoms with Gasteiger partial charge in [0.05, 0.1) is 11.6 Å². The quantitative estimate of drug-likeness (QED) is 0.493. The summed E-state index contributed by atoms with van der Waals surface area (Å²) in [4.78, 5) is 35.7. The zero-order valence-corrected chi connectivity index (χ0v) is 21.4. The number of H-pyrrole nitrogens is 1. The van der Waals surface area contributed by atoms with Crippen LogP contribution in [-0.2, 0) is 13.0 Å². The summed E-state index contributed by atoms with van der Waals surface area (Å²) in [6.07, 6.45) is 2.67. The van der Waals surface area contributed by atoms with Gasteiger partial charge in [-0.2, -0.15) is 0 Å². The number of pyridine rings is 1. The predicted molar refractivity (Wildman–Crippen MR) is 147 cm³/mol. The Morgan fingerprint density at radius 3 is 2.59 bits per heavy atom. The summed E-state index contributed by atoms with van der Waals surface area (Å²) in [5, 5.41) is 9.30. The minimum atomic E-state index is -1.22. The van der Waals surface area contributed by atoms with Crippen LogP contribution in [0.4, 0.5) is 5.69 Å². The molecule has 190 valence electrons. The third kappa shape index (κ3) is 4.54. The lowest BCUT2D eigenvalue weighted by Crippen LogP contribution is -2.40. The summed E-state index contributed by atoms with van der Waals surface area (Å²) in [6.45, 7) is 10.6. The first-order chi connectivity index (χ1) is 17.8. The first-order valence-electron chi connectivity index (χ1n) is 12.9. The van der Waals surface area contributed by atoms with Gasteiger partial charge >= 0.3 is 11.5 Å². The van der Waals surface area contributed by atoms with Crippen molar-refractivity contribution in [2.45, 2.75) is 44.3 Å². The fourth-order valence-electron chi connectivity index (χ4n) is 6.28. The number of aromatic carboxylic acids is 1. The maximum atomic E-state index is 12.3. The summed E-state index contributed by atoms with van der Waals surface area (Å²) >= 11 is 0. The maximum absolute atomic E-state index is 12.3. The normalized spacial score (nSPS) is 22.7. The monoisotopic (exact) mass is 497 g/mol. The molecule has 0 bridgehead atoms. The molecule has 37 heavy (non-hydrogen) atoms. The standard InChI is InChI=1S/C30H32N4O3/c1-4-21-16-24(29(36)37)28(35)32-27(21)22-10-12-23(13-11-22)34-18-25-26(14-15-30(25,19-34)31-2)33(3)17-20-8-6-5-7-9-20/h2,5-13,16,25-26H,4,14-15,17-19H2,1,3H3,(H-,32,35,36,37)/p+1. The zero-order chi connectivity index (χ0) is 26.2. The van der Waals surface area contributed by atoms with E-state index in [1.807, 2.05) is 25.1 Å². The second-order valence-corrected chi connectivity index (χ2v) is 10.3. The van der Waals surface area contributed by atoms with Crippen LogP contribution in [0.3, 0.4) is 0 Å². The van der Waals surface area contributed by atoms with Crippen LogP contribution in [0.1, 0.15) is 41.3 Å². The SMILES string of the molecule is C#[N+]C12CCC(N(C)Cc3ccccc3)C1CN(c1ccc(-c3[nH]c(=O)c(C(=O)O)cc3CC)cc1)C2. The summed E-state index contributed by atoms with van der Waals surface area (Å²) < 4.78 is 0. The number of aryl methyl sites for hydroxylation is 1. The van der Waals surface area contributed by atoms with Crippen molar-refractivity contribution in [3.63, 3.8) is 0 Å². The van der Waals surface area contributed by atoms with Crippen molar-refractivity contribution in [2.24, 2.45) is 5.92 Å². The van der Waals surface area contributed by atoms with Crippen LogP contribution in [0.25, 0.3) is 16.1 Å². The Morgan fingerprint density at radius 1 is 1.22 bits per heavy atom. The highest BCUT2D eigenvalue weighted by molar-refractivity contribution is 5.88. The molecule has 0 amide bonds. The van der Waals surface area contributed by atoms with Crippen molar-refractivity contribution in [3.05, 3.63) is 92.6 Å². The third-order valence-electron chi connectivity index (χ3n) is 8.26. The Labute approximate surface area is 217 Å². The summed E-state index contributed by atoms with van der Waals surface area (Å²) in [5.74, 6) is -0.873. The molecule has 5 rings (SSSR count). The van der Waals surface area contributed by atoms with Gasteiger partial charge in [0.15, 0.2) is 0 Å². The van der Waals surface area contributed by atoms with Gasteiger partial charge in [0.1, 0.15) is 12.1 Å². The Balaban J connectivity index is 1.36. The fourth-order valence-corrected chi connectivity index (χ4v) is 6.28. The molecule has 1 aliphatic heterocycles. The van der Waals surface area contributed by atoms with Gasteiger partial charge in [-0.05, 0) is 54.8 Å². The van der Waals surface area contributed by atoms with Crippen LogP contribution in [0.5, 0.6) is 0 Å². The second-order valence-electron chi connectivity index (χ2n) is 10.3. The smallest absolute Gasteiger partial charge is 0.341 e. The van der Waals surface area contributed by atoms with E-state index < -0.39 is 11.5 Å². The minimum absolute atomic E-state index is 0.233. The first kappa shape index (κ1) is 24.8. The van der Waals surface area contributed by atoms with Crippen LogP contribution in [0, 0.1) is 12.5 Å². The lowest BCUT2D eigenvalue weighted by Gasteiger charge is -2.29. The highest BCUT2D eigenvalue weighted by atomic mass is 16.4. The molecule has 2 N–H and O–H groups in total. The van der Waals surface area contributed by atoms with Crippen molar-refractivity contribution in [3.8, 4) is 17.8 Å². The molecule has 7 nitrogen and oxygen atoms in total. The Kier molecular flexibility index (Phi) is 6.61. The molecule has 1 saturated heterocycles. The Morgan fingerprint density at radius 2 is 1.95 bits per heavy atom. The number of nitrogens with zero attached hydrogens (tertiary/aromatic N) is 3. The summed E-state index contributed by atoms with van der Waals surface area (Å²) in [6, 6.07) is 20.5. The number of aromatic nitrogens is 1. The molecule has 3 atom stereocenters. The molecule has 2 heterocycles. The number of hydrogen-bond donors (Lipinski definition) is 2. The number of hydrogen-bond acceptors (Lipinski definition) is 4. The minimum Gasteiger partial charge on any atom is -0.477 e. The van der Waals surface area contributed by atoms with Crippen LogP contribution < -0.4 is 10.5 Å². The van der Waals surface area contributed by atoms with Crippen molar-refractivity contribution in [2.75, 3.05) is 25.0 Å². The number of nitrogens with one attached hydrogen (secondary N) is 1. The van der Waals surface area contributed by atoms with Crippen LogP contribution >= 0.6 is 0 Å². The average Bonchev–Trinajstić information content (AvgIpc) is 3.45. The number of anilines is 1. The molecule has 2 aliphatic rings. The van der Waals surface area contributed by atoms with E-state index in [4.69, 9.17) is 6.57 Å². The molecule has 1 aliphatic carbocycles. The van der Waals surface area contributed by atoms with Gasteiger partial charge in [-0.25, -0.2) is 4.79 Å². The largest absolute Gasteiger partial charge is 0.477 e. The fraction of sp³-hybridized carbons (Fsp3) is 0.367. The van der Waals surface area contributed by atoms with Gasteiger partial charge in [-0.3, -0.25) is 9.69 Å². The van der Waals surface area contributed by atoms with E-state index in [-0.39, 0.29) is 11.1 Å². The van der Waals surface area contributed by atoms with E-state index in [1.165, 1.54) is 11.6 Å². The van der Waals surface area contributed by atoms with Crippen molar-refractivity contribution in [1.29, 1.82) is 0 Å². The summed E-state index contributed by atoms with van der Waals surface area (Å²) in [5.41, 5.74) is 3.64. The van der Waals surface area contributed by atoms with Gasteiger partial charge in [-0.15, -0.1) is 0 Å². The molecule has 2 aromatic carbocycles. The van der Waals surface area contributed by atoms with E-state index in [0.717, 1.165) is 49.3 Å². The van der Waals surface area contributed by atoms with Gasteiger partial charge in [0.25, 0.3) is 12.1 Å². The Bertz CT molecular complexity index is 1390. The molecular weight excluding hydrogens is 464 g/mol. The van der Waals surface area contributed by atoms with Crippen molar-refractivity contribution < 1.29 is 9.90 Å². The lowest BCUT2D eigenvalue weighted by atomic mass is 9.89. The molecular formula is C30H33N4O3+. The van der Waals surface area contributed by atoms with Crippen molar-refractivity contribution >= 4 is 11.7 Å². The van der Waals surface area contributed by atoms with Crippen LogP contribution in [-0.4, -0.2) is 52.7 Å². The molecule has 0 radical (unpaired) electrons. The number of aromatic amines is 1. The van der Waals surface area contributed by atoms with E-state index in [9.17, 15) is 14.7 Å². The molecule has 0 spiro atoms. The van der Waals surface area contributed by atoms with Crippen LogP contribution in [0.15, 0.2) is 65.5 Å². The molecule has 1 aromatic heterocycles. The van der Waals surface area contributed by atoms with Gasteiger partial charge < -0.3 is 15.0 Å². The van der Waals surface area contributed by atoms with Crippen LogP contribution in [0.2, 0.25) is 0 Å². The number of carboxylic acids is 1. The van der Waals surface area contributed by atoms with Gasteiger partial charge in [0, 0.05) is 31.2 Å². The first-order valence-corrected chi connectivity index (χ1v) is 12.9. The average molecular weight is 498 g/mol. The number of fused-ring (bicyclic) bond motifs is 1. The van der Waals surface area contributed by atoms with E-state index in [1.54, 1.807) is 0 Å². The number of carboxylic acid groups (broad SMARTS) is 1. The predicted octanol–water partition coefficient (Wildman–Crippen LogP) is 4.73. The van der Waals surface area contributed by atoms with Crippen molar-refractivity contribution in [1.82, 2.24) is 9.88 Å². The Hall–Kier alpha value is -3.89. The molecule has 2 fully saturated rings. The molecule has 1 saturated carbocycles. The maximum Gasteiger partial charge on any atom is 0.341 e. The number of rotatable bonds is 7. The van der Waals surface area contributed by atoms with E-state index in [2.05, 4.69) is 63.1 Å². The molecule has 7 heteroatoms.